The summed E-state index contributed by atoms with van der Waals surface area (Å²) in [6.07, 6.45) is 0.0596. The average Bonchev–Trinajstić information content (AvgIpc) is 2.62. The molecule has 0 aliphatic rings. The molecule has 1 amide bonds. The first-order valence-electron chi connectivity index (χ1n) is 7.75. The molecule has 5 heteroatoms. The Morgan fingerprint density at radius 1 is 1.25 bits per heavy atom. The van der Waals surface area contributed by atoms with E-state index < -0.39 is 6.10 Å². The molecule has 2 rings (SSSR count). The number of amides is 1. The zero-order valence-corrected chi connectivity index (χ0v) is 13.5. The smallest absolute Gasteiger partial charge is 0.260 e. The molecule has 0 heterocycles. The molecule has 2 aromatic carbocycles. The summed E-state index contributed by atoms with van der Waals surface area (Å²) in [7, 11) is 0. The highest BCUT2D eigenvalue weighted by Crippen LogP contribution is 2.14. The van der Waals surface area contributed by atoms with Crippen LogP contribution in [-0.4, -0.2) is 23.7 Å². The van der Waals surface area contributed by atoms with Crippen molar-refractivity contribution in [1.29, 1.82) is 5.26 Å². The van der Waals surface area contributed by atoms with Gasteiger partial charge in [-0.15, -0.1) is 0 Å². The Labute approximate surface area is 141 Å². The normalized spacial score (nSPS) is 11.4. The van der Waals surface area contributed by atoms with Crippen molar-refractivity contribution < 1.29 is 14.6 Å². The molecule has 0 saturated carbocycles. The van der Waals surface area contributed by atoms with E-state index in [1.807, 2.05) is 30.3 Å². The number of benzene rings is 2. The van der Waals surface area contributed by atoms with Gasteiger partial charge < -0.3 is 15.2 Å². The number of hydrogen-bond donors (Lipinski definition) is 2. The van der Waals surface area contributed by atoms with Gasteiger partial charge >= 0.3 is 0 Å². The van der Waals surface area contributed by atoms with Crippen LogP contribution in [0.15, 0.2) is 48.5 Å². The summed E-state index contributed by atoms with van der Waals surface area (Å²) < 4.78 is 5.56. The van der Waals surface area contributed by atoms with Crippen LogP contribution >= 0.6 is 0 Å². The van der Waals surface area contributed by atoms with Gasteiger partial charge in [0.05, 0.1) is 18.2 Å². The van der Waals surface area contributed by atoms with Crippen LogP contribution in [0.1, 0.15) is 23.6 Å². The van der Waals surface area contributed by atoms with Gasteiger partial charge in [0.15, 0.2) is 6.10 Å². The van der Waals surface area contributed by atoms with Crippen LogP contribution in [0.3, 0.4) is 0 Å². The van der Waals surface area contributed by atoms with Crippen molar-refractivity contribution in [3.8, 4) is 11.8 Å². The maximum Gasteiger partial charge on any atom is 0.260 e. The van der Waals surface area contributed by atoms with E-state index in [2.05, 4.69) is 5.32 Å². The fourth-order valence-electron chi connectivity index (χ4n) is 2.18. The van der Waals surface area contributed by atoms with Crippen LogP contribution in [0.25, 0.3) is 0 Å². The van der Waals surface area contributed by atoms with E-state index >= 15 is 0 Å². The van der Waals surface area contributed by atoms with Gasteiger partial charge in [0.1, 0.15) is 5.75 Å². The predicted molar refractivity (Wildman–Crippen MR) is 90.3 cm³/mol. The number of rotatable bonds is 7. The highest BCUT2D eigenvalue weighted by molar-refractivity contribution is 5.80. The number of nitrogens with zero attached hydrogens (tertiary/aromatic N) is 1. The lowest BCUT2D eigenvalue weighted by Crippen LogP contribution is -2.37. The van der Waals surface area contributed by atoms with Gasteiger partial charge in [-0.25, -0.2) is 0 Å². The molecule has 1 atom stereocenters. The van der Waals surface area contributed by atoms with Gasteiger partial charge in [0, 0.05) is 6.54 Å². The zero-order chi connectivity index (χ0) is 17.4. The molecule has 0 saturated heterocycles. The number of nitrogens with one attached hydrogen (secondary N) is 1. The van der Waals surface area contributed by atoms with Crippen molar-refractivity contribution >= 4 is 5.91 Å². The molecule has 124 valence electrons. The van der Waals surface area contributed by atoms with Crippen molar-refractivity contribution in [2.45, 2.75) is 26.1 Å². The Balaban J connectivity index is 1.79. The van der Waals surface area contributed by atoms with E-state index in [9.17, 15) is 4.79 Å². The molecular weight excluding hydrogens is 304 g/mol. The van der Waals surface area contributed by atoms with E-state index in [0.717, 1.165) is 11.1 Å². The monoisotopic (exact) mass is 324 g/mol. The first-order chi connectivity index (χ1) is 11.6. The van der Waals surface area contributed by atoms with E-state index in [1.165, 1.54) is 0 Å². The van der Waals surface area contributed by atoms with E-state index in [4.69, 9.17) is 15.1 Å². The number of nitriles is 1. The van der Waals surface area contributed by atoms with Gasteiger partial charge in [0.25, 0.3) is 5.91 Å². The second kappa shape index (κ2) is 8.70. The summed E-state index contributed by atoms with van der Waals surface area (Å²) in [5.41, 5.74) is 2.44. The van der Waals surface area contributed by atoms with Gasteiger partial charge in [0.2, 0.25) is 0 Å². The Morgan fingerprint density at radius 2 is 1.96 bits per heavy atom. The number of aliphatic hydroxyl groups is 1. The SMILES string of the molecule is CC(Oc1cccc(C#N)c1)C(=O)NCCc1ccc(CO)cc1. The first-order valence-corrected chi connectivity index (χ1v) is 7.75. The lowest BCUT2D eigenvalue weighted by atomic mass is 10.1. The van der Waals surface area contributed by atoms with Crippen molar-refractivity contribution in [2.75, 3.05) is 6.54 Å². The molecule has 24 heavy (non-hydrogen) atoms. The van der Waals surface area contributed by atoms with Crippen LogP contribution < -0.4 is 10.1 Å². The molecule has 2 N–H and O–H groups in total. The Morgan fingerprint density at radius 3 is 2.62 bits per heavy atom. The highest BCUT2D eigenvalue weighted by atomic mass is 16.5. The third-order valence-electron chi connectivity index (χ3n) is 3.56. The van der Waals surface area contributed by atoms with Gasteiger partial charge in [-0.05, 0) is 42.7 Å². The van der Waals surface area contributed by atoms with Crippen LogP contribution in [0, 0.1) is 11.3 Å². The van der Waals surface area contributed by atoms with Crippen molar-refractivity contribution in [3.63, 3.8) is 0 Å². The minimum atomic E-state index is -0.643. The van der Waals surface area contributed by atoms with Gasteiger partial charge in [-0.1, -0.05) is 30.3 Å². The maximum absolute atomic E-state index is 12.1. The second-order valence-electron chi connectivity index (χ2n) is 5.42. The van der Waals surface area contributed by atoms with Gasteiger partial charge in [-0.2, -0.15) is 5.26 Å². The van der Waals surface area contributed by atoms with Crippen molar-refractivity contribution in [2.24, 2.45) is 0 Å². The highest BCUT2D eigenvalue weighted by Gasteiger charge is 2.14. The molecule has 5 nitrogen and oxygen atoms in total. The van der Waals surface area contributed by atoms with Crippen LogP contribution in [0.4, 0.5) is 0 Å². The largest absolute Gasteiger partial charge is 0.481 e. The molecule has 0 aliphatic carbocycles. The van der Waals surface area contributed by atoms with E-state index in [0.29, 0.717) is 24.3 Å². The predicted octanol–water partition coefficient (Wildman–Crippen LogP) is 2.18. The number of aliphatic hydroxyl groups excluding tert-OH is 1. The Hall–Kier alpha value is -2.84. The quantitative estimate of drug-likeness (QED) is 0.818. The van der Waals surface area contributed by atoms with Crippen molar-refractivity contribution in [1.82, 2.24) is 5.32 Å². The lowest BCUT2D eigenvalue weighted by molar-refractivity contribution is -0.127. The lowest BCUT2D eigenvalue weighted by Gasteiger charge is -2.15. The third kappa shape index (κ3) is 5.11. The summed E-state index contributed by atoms with van der Waals surface area (Å²) in [6.45, 7) is 2.20. The summed E-state index contributed by atoms with van der Waals surface area (Å²) in [4.78, 5) is 12.1. The summed E-state index contributed by atoms with van der Waals surface area (Å²) in [5, 5.41) is 20.7. The first kappa shape index (κ1) is 17.5. The van der Waals surface area contributed by atoms with E-state index in [1.54, 1.807) is 31.2 Å². The van der Waals surface area contributed by atoms with Crippen LogP contribution in [0.2, 0.25) is 0 Å². The molecular formula is C19H20N2O3. The standard InChI is InChI=1S/C19H20N2O3/c1-14(24-18-4-2-3-17(11-18)12-20)19(23)21-10-9-15-5-7-16(13-22)8-6-15/h2-8,11,14,22H,9-10,13H2,1H3,(H,21,23). The topological polar surface area (TPSA) is 82.3 Å². The zero-order valence-electron chi connectivity index (χ0n) is 13.5. The second-order valence-corrected chi connectivity index (χ2v) is 5.42. The van der Waals surface area contributed by atoms with E-state index in [-0.39, 0.29) is 12.5 Å². The van der Waals surface area contributed by atoms with Crippen LogP contribution in [-0.2, 0) is 17.8 Å². The number of hydrogen-bond acceptors (Lipinski definition) is 4. The molecule has 0 spiro atoms. The third-order valence-corrected chi connectivity index (χ3v) is 3.56. The molecule has 2 aromatic rings. The Kier molecular flexibility index (Phi) is 6.35. The number of carbonyl (C=O) groups excluding carboxylic acids is 1. The molecule has 0 radical (unpaired) electrons. The van der Waals surface area contributed by atoms with Crippen LogP contribution in [0.5, 0.6) is 5.75 Å². The molecule has 0 fully saturated rings. The average molecular weight is 324 g/mol. The summed E-state index contributed by atoms with van der Waals surface area (Å²) >= 11 is 0. The number of ether oxygens (including phenoxy) is 1. The number of carbonyl (C=O) groups is 1. The molecule has 0 aliphatic heterocycles. The van der Waals surface area contributed by atoms with Crippen molar-refractivity contribution in [3.05, 3.63) is 65.2 Å². The van der Waals surface area contributed by atoms with Gasteiger partial charge in [-0.3, -0.25) is 4.79 Å². The molecule has 1 unspecified atom stereocenters. The molecule has 0 bridgehead atoms. The Bertz CT molecular complexity index is 720. The molecule has 0 aromatic heterocycles. The fraction of sp³-hybridized carbons (Fsp3) is 0.263. The minimum Gasteiger partial charge on any atom is -0.481 e. The summed E-state index contributed by atoms with van der Waals surface area (Å²) in [5.74, 6) is 0.292. The summed E-state index contributed by atoms with van der Waals surface area (Å²) in [6, 6.07) is 16.4. The fourth-order valence-corrected chi connectivity index (χ4v) is 2.18. The maximum atomic E-state index is 12.1. The minimum absolute atomic E-state index is 0.0267.